The van der Waals surface area contributed by atoms with Crippen LogP contribution in [0.2, 0.25) is 0 Å². The first-order valence-electron chi connectivity index (χ1n) is 9.24. The van der Waals surface area contributed by atoms with E-state index in [-0.39, 0.29) is 5.91 Å². The summed E-state index contributed by atoms with van der Waals surface area (Å²) in [7, 11) is -1.66. The Hall–Kier alpha value is -2.45. The van der Waals surface area contributed by atoms with Crippen LogP contribution >= 0.6 is 0 Å². The van der Waals surface area contributed by atoms with Crippen molar-refractivity contribution in [1.82, 2.24) is 19.0 Å². The van der Waals surface area contributed by atoms with Crippen LogP contribution in [0.5, 0.6) is 0 Å². The van der Waals surface area contributed by atoms with Crippen molar-refractivity contribution < 1.29 is 13.2 Å². The summed E-state index contributed by atoms with van der Waals surface area (Å²) in [6.45, 7) is 7.12. The van der Waals surface area contributed by atoms with Crippen LogP contribution in [0.1, 0.15) is 22.5 Å². The summed E-state index contributed by atoms with van der Waals surface area (Å²) in [4.78, 5) is 14.5. The molecule has 1 aromatic carbocycles. The minimum Gasteiger partial charge on any atom is -0.337 e. The molecule has 2 aromatic rings. The van der Waals surface area contributed by atoms with Crippen molar-refractivity contribution in [2.75, 3.05) is 26.2 Å². The van der Waals surface area contributed by atoms with Crippen LogP contribution in [0.4, 0.5) is 0 Å². The average Bonchev–Trinajstić information content (AvgIpc) is 2.92. The quantitative estimate of drug-likeness (QED) is 0.732. The summed E-state index contributed by atoms with van der Waals surface area (Å²) >= 11 is 0. The molecule has 1 aromatic heterocycles. The van der Waals surface area contributed by atoms with Crippen molar-refractivity contribution in [1.29, 1.82) is 0 Å². The van der Waals surface area contributed by atoms with Crippen LogP contribution in [-0.4, -0.2) is 59.5 Å². The average molecular weight is 403 g/mol. The van der Waals surface area contributed by atoms with E-state index in [0.717, 1.165) is 22.5 Å². The monoisotopic (exact) mass is 402 g/mol. The Labute approximate surface area is 166 Å². The summed E-state index contributed by atoms with van der Waals surface area (Å²) in [6, 6.07) is 6.84. The molecule has 0 bridgehead atoms. The second-order valence-corrected chi connectivity index (χ2v) is 9.02. The minimum atomic E-state index is -3.53. The molecule has 8 heteroatoms. The SMILES string of the molecule is Cc1ccc(S(=O)(=O)N2CCN(C(=O)C=Cc3c(C)nn(C)c3C)CC2)cc1. The number of carbonyl (C=O) groups is 1. The number of rotatable bonds is 4. The van der Waals surface area contributed by atoms with Crippen molar-refractivity contribution in [2.45, 2.75) is 25.7 Å². The van der Waals surface area contributed by atoms with Gasteiger partial charge in [-0.2, -0.15) is 9.40 Å². The predicted octanol–water partition coefficient (Wildman–Crippen LogP) is 1.89. The molecule has 0 atom stereocenters. The molecule has 3 rings (SSSR count). The number of nitrogens with zero attached hydrogens (tertiary/aromatic N) is 4. The molecule has 1 aliphatic heterocycles. The lowest BCUT2D eigenvalue weighted by Crippen LogP contribution is -2.50. The molecule has 0 aliphatic carbocycles. The molecule has 0 N–H and O–H groups in total. The van der Waals surface area contributed by atoms with E-state index in [9.17, 15) is 13.2 Å². The zero-order valence-corrected chi connectivity index (χ0v) is 17.5. The highest BCUT2D eigenvalue weighted by Crippen LogP contribution is 2.19. The maximum Gasteiger partial charge on any atom is 0.246 e. The van der Waals surface area contributed by atoms with Gasteiger partial charge in [0.15, 0.2) is 0 Å². The third-order valence-electron chi connectivity index (χ3n) is 5.17. The fourth-order valence-electron chi connectivity index (χ4n) is 3.30. The van der Waals surface area contributed by atoms with Gasteiger partial charge >= 0.3 is 0 Å². The Balaban J connectivity index is 1.64. The summed E-state index contributed by atoms with van der Waals surface area (Å²) < 4.78 is 28.8. The molecular weight excluding hydrogens is 376 g/mol. The van der Waals surface area contributed by atoms with E-state index in [0.29, 0.717) is 31.1 Å². The standard InChI is InChI=1S/C20H26N4O3S/c1-15-5-7-18(8-6-15)28(26,27)24-13-11-23(12-14-24)20(25)10-9-19-16(2)21-22(4)17(19)3/h5-10H,11-14H2,1-4H3. The molecule has 0 radical (unpaired) electrons. The van der Waals surface area contributed by atoms with Crippen molar-refractivity contribution in [3.05, 3.63) is 52.9 Å². The number of benzene rings is 1. The highest BCUT2D eigenvalue weighted by Gasteiger charge is 2.29. The van der Waals surface area contributed by atoms with Crippen LogP contribution < -0.4 is 0 Å². The third-order valence-corrected chi connectivity index (χ3v) is 7.08. The topological polar surface area (TPSA) is 75.5 Å². The highest BCUT2D eigenvalue weighted by molar-refractivity contribution is 7.89. The largest absolute Gasteiger partial charge is 0.337 e. The zero-order valence-electron chi connectivity index (χ0n) is 16.7. The van der Waals surface area contributed by atoms with Gasteiger partial charge in [0.1, 0.15) is 0 Å². The Morgan fingerprint density at radius 3 is 2.18 bits per heavy atom. The van der Waals surface area contributed by atoms with E-state index in [2.05, 4.69) is 5.10 Å². The second-order valence-electron chi connectivity index (χ2n) is 7.08. The van der Waals surface area contributed by atoms with E-state index in [1.807, 2.05) is 27.8 Å². The second kappa shape index (κ2) is 7.89. The van der Waals surface area contributed by atoms with Crippen LogP contribution in [0.3, 0.4) is 0 Å². The lowest BCUT2D eigenvalue weighted by molar-refractivity contribution is -0.127. The molecule has 1 aliphatic rings. The molecule has 1 fully saturated rings. The smallest absolute Gasteiger partial charge is 0.246 e. The van der Waals surface area contributed by atoms with E-state index in [1.165, 1.54) is 4.31 Å². The van der Waals surface area contributed by atoms with Gasteiger partial charge in [-0.05, 0) is 39.0 Å². The Kier molecular flexibility index (Phi) is 5.71. The molecule has 1 saturated heterocycles. The van der Waals surface area contributed by atoms with Crippen LogP contribution in [0, 0.1) is 20.8 Å². The molecule has 28 heavy (non-hydrogen) atoms. The van der Waals surface area contributed by atoms with Gasteiger partial charge in [-0.1, -0.05) is 17.7 Å². The summed E-state index contributed by atoms with van der Waals surface area (Å²) in [5.74, 6) is -0.116. The first-order valence-corrected chi connectivity index (χ1v) is 10.7. The Morgan fingerprint density at radius 2 is 1.64 bits per heavy atom. The third kappa shape index (κ3) is 4.02. The number of sulfonamides is 1. The Bertz CT molecular complexity index is 999. The number of hydrogen-bond acceptors (Lipinski definition) is 4. The van der Waals surface area contributed by atoms with Crippen LogP contribution in [0.15, 0.2) is 35.2 Å². The van der Waals surface area contributed by atoms with Gasteiger partial charge in [0.25, 0.3) is 0 Å². The summed E-state index contributed by atoms with van der Waals surface area (Å²) in [5, 5.41) is 4.34. The molecule has 0 saturated carbocycles. The van der Waals surface area contributed by atoms with Crippen LogP contribution in [-0.2, 0) is 21.9 Å². The zero-order chi connectivity index (χ0) is 20.5. The van der Waals surface area contributed by atoms with Gasteiger partial charge in [-0.15, -0.1) is 0 Å². The molecule has 0 spiro atoms. The van der Waals surface area contributed by atoms with Gasteiger partial charge in [0, 0.05) is 50.6 Å². The fraction of sp³-hybridized carbons (Fsp3) is 0.400. The minimum absolute atomic E-state index is 0.116. The van der Waals surface area contributed by atoms with Gasteiger partial charge in [0.05, 0.1) is 10.6 Å². The fourth-order valence-corrected chi connectivity index (χ4v) is 4.72. The number of aryl methyl sites for hydroxylation is 3. The normalized spacial score (nSPS) is 16.1. The Morgan fingerprint density at radius 1 is 1.04 bits per heavy atom. The molecule has 7 nitrogen and oxygen atoms in total. The molecule has 150 valence electrons. The first kappa shape index (κ1) is 20.3. The maximum absolute atomic E-state index is 12.8. The number of piperazine rings is 1. The first-order chi connectivity index (χ1) is 13.2. The van der Waals surface area contributed by atoms with Crippen LogP contribution in [0.25, 0.3) is 6.08 Å². The van der Waals surface area contributed by atoms with Crippen molar-refractivity contribution >= 4 is 22.0 Å². The summed E-state index contributed by atoms with van der Waals surface area (Å²) in [5.41, 5.74) is 3.82. The van der Waals surface area contributed by atoms with Gasteiger partial charge in [-0.25, -0.2) is 8.42 Å². The van der Waals surface area contributed by atoms with E-state index in [4.69, 9.17) is 0 Å². The van der Waals surface area contributed by atoms with E-state index in [1.54, 1.807) is 46.0 Å². The number of amides is 1. The molecular formula is C20H26N4O3S. The molecule has 0 unspecified atom stereocenters. The van der Waals surface area contributed by atoms with Gasteiger partial charge < -0.3 is 4.90 Å². The van der Waals surface area contributed by atoms with Crippen molar-refractivity contribution in [3.63, 3.8) is 0 Å². The van der Waals surface area contributed by atoms with E-state index >= 15 is 0 Å². The van der Waals surface area contributed by atoms with Crippen molar-refractivity contribution in [2.24, 2.45) is 7.05 Å². The lowest BCUT2D eigenvalue weighted by Gasteiger charge is -2.33. The number of carbonyl (C=O) groups excluding carboxylic acids is 1. The highest BCUT2D eigenvalue weighted by atomic mass is 32.2. The predicted molar refractivity (Wildman–Crippen MR) is 108 cm³/mol. The molecule has 1 amide bonds. The number of hydrogen-bond donors (Lipinski definition) is 0. The van der Waals surface area contributed by atoms with Gasteiger partial charge in [0.2, 0.25) is 15.9 Å². The number of aromatic nitrogens is 2. The summed E-state index contributed by atoms with van der Waals surface area (Å²) in [6.07, 6.45) is 3.33. The maximum atomic E-state index is 12.8. The molecule has 2 heterocycles. The van der Waals surface area contributed by atoms with Gasteiger partial charge in [-0.3, -0.25) is 9.48 Å². The lowest BCUT2D eigenvalue weighted by atomic mass is 10.2. The van der Waals surface area contributed by atoms with E-state index < -0.39 is 10.0 Å². The van der Waals surface area contributed by atoms with Crippen molar-refractivity contribution in [3.8, 4) is 0 Å².